The fourth-order valence-corrected chi connectivity index (χ4v) is 1.79. The molecule has 5 nitrogen and oxygen atoms in total. The van der Waals surface area contributed by atoms with Crippen molar-refractivity contribution in [2.45, 2.75) is 6.10 Å². The van der Waals surface area contributed by atoms with Crippen LogP contribution in [0.3, 0.4) is 0 Å². The normalized spacial score (nSPS) is 12.2. The van der Waals surface area contributed by atoms with E-state index in [1.165, 1.54) is 13.2 Å². The minimum Gasteiger partial charge on any atom is -0.396 e. The number of nitrogen functional groups attached to an aromatic ring is 1. The zero-order chi connectivity index (χ0) is 13.7. The number of ether oxygens (including phenoxy) is 1. The molecule has 1 unspecified atom stereocenters. The van der Waals surface area contributed by atoms with Gasteiger partial charge in [0.05, 0.1) is 24.0 Å². The third kappa shape index (κ3) is 3.94. The van der Waals surface area contributed by atoms with Gasteiger partial charge in [0.15, 0.2) is 0 Å². The first-order chi connectivity index (χ1) is 8.45. The second-order valence-corrected chi connectivity index (χ2v) is 4.53. The lowest BCUT2D eigenvalue weighted by Crippen LogP contribution is -2.34. The number of benzene rings is 1. The van der Waals surface area contributed by atoms with Crippen LogP contribution in [0.25, 0.3) is 0 Å². The molecule has 0 bridgehead atoms. The molecule has 1 amide bonds. The SMILES string of the molecule is COCC(O)CNC(=O)c1cc(N)c(F)cc1Br. The minimum atomic E-state index is -0.796. The van der Waals surface area contributed by atoms with Gasteiger partial charge in [-0.1, -0.05) is 0 Å². The van der Waals surface area contributed by atoms with Crippen molar-refractivity contribution >= 4 is 27.5 Å². The van der Waals surface area contributed by atoms with Gasteiger partial charge in [-0.15, -0.1) is 0 Å². The standard InChI is InChI=1S/C11H14BrFN2O3/c1-18-5-6(16)4-15-11(17)7-2-10(14)9(13)3-8(7)12/h2-3,6,16H,4-5,14H2,1H3,(H,15,17). The van der Waals surface area contributed by atoms with Crippen LogP contribution < -0.4 is 11.1 Å². The average molecular weight is 321 g/mol. The number of aliphatic hydroxyl groups excluding tert-OH is 1. The fraction of sp³-hybridized carbons (Fsp3) is 0.364. The van der Waals surface area contributed by atoms with Gasteiger partial charge in [-0.05, 0) is 28.1 Å². The molecule has 0 saturated heterocycles. The molecule has 1 rings (SSSR count). The first-order valence-corrected chi connectivity index (χ1v) is 5.94. The summed E-state index contributed by atoms with van der Waals surface area (Å²) in [5.41, 5.74) is 5.48. The van der Waals surface area contributed by atoms with E-state index in [1.54, 1.807) is 0 Å². The smallest absolute Gasteiger partial charge is 0.252 e. The average Bonchev–Trinajstić information content (AvgIpc) is 2.31. The molecule has 0 aromatic heterocycles. The van der Waals surface area contributed by atoms with Crippen LogP contribution in [0.1, 0.15) is 10.4 Å². The molecule has 1 aromatic rings. The third-order valence-electron chi connectivity index (χ3n) is 2.19. The monoisotopic (exact) mass is 320 g/mol. The summed E-state index contributed by atoms with van der Waals surface area (Å²) >= 11 is 3.08. The van der Waals surface area contributed by atoms with Gasteiger partial charge >= 0.3 is 0 Å². The number of nitrogens with one attached hydrogen (secondary N) is 1. The van der Waals surface area contributed by atoms with Crippen LogP contribution in [0.4, 0.5) is 10.1 Å². The summed E-state index contributed by atoms with van der Waals surface area (Å²) in [4.78, 5) is 11.8. The maximum Gasteiger partial charge on any atom is 0.252 e. The van der Waals surface area contributed by atoms with Crippen LogP contribution >= 0.6 is 15.9 Å². The highest BCUT2D eigenvalue weighted by Gasteiger charge is 2.14. The molecule has 18 heavy (non-hydrogen) atoms. The van der Waals surface area contributed by atoms with Gasteiger partial charge in [-0.3, -0.25) is 4.79 Å². The summed E-state index contributed by atoms with van der Waals surface area (Å²) in [6.07, 6.45) is -0.796. The van der Waals surface area contributed by atoms with E-state index in [1.807, 2.05) is 0 Å². The van der Waals surface area contributed by atoms with Crippen molar-refractivity contribution in [2.24, 2.45) is 0 Å². The second-order valence-electron chi connectivity index (χ2n) is 3.67. The molecule has 0 aliphatic rings. The Bertz CT molecular complexity index is 443. The summed E-state index contributed by atoms with van der Waals surface area (Å²) < 4.78 is 18.1. The van der Waals surface area contributed by atoms with Crippen LogP contribution in [0.15, 0.2) is 16.6 Å². The molecule has 1 atom stereocenters. The molecule has 0 spiro atoms. The number of methoxy groups -OCH3 is 1. The fourth-order valence-electron chi connectivity index (χ4n) is 1.30. The van der Waals surface area contributed by atoms with Gasteiger partial charge in [-0.2, -0.15) is 0 Å². The Labute approximate surface area is 112 Å². The van der Waals surface area contributed by atoms with Gasteiger partial charge in [-0.25, -0.2) is 4.39 Å². The summed E-state index contributed by atoms with van der Waals surface area (Å²) in [6.45, 7) is 0.156. The molecule has 1 aromatic carbocycles. The van der Waals surface area contributed by atoms with Crippen LogP contribution in [0, 0.1) is 5.82 Å². The molecule has 4 N–H and O–H groups in total. The first-order valence-electron chi connectivity index (χ1n) is 5.15. The molecule has 0 fully saturated rings. The Morgan fingerprint density at radius 2 is 2.33 bits per heavy atom. The molecule has 0 radical (unpaired) electrons. The lowest BCUT2D eigenvalue weighted by atomic mass is 10.2. The van der Waals surface area contributed by atoms with Crippen LogP contribution in [-0.4, -0.2) is 37.4 Å². The number of carbonyl (C=O) groups excluding carboxylic acids is 1. The summed E-state index contributed by atoms with van der Waals surface area (Å²) in [6, 6.07) is 2.35. The van der Waals surface area contributed by atoms with Crippen molar-refractivity contribution in [3.63, 3.8) is 0 Å². The molecule has 7 heteroatoms. The first kappa shape index (κ1) is 14.9. The van der Waals surface area contributed by atoms with E-state index in [4.69, 9.17) is 10.5 Å². The Hall–Kier alpha value is -1.18. The predicted molar refractivity (Wildman–Crippen MR) is 68.7 cm³/mol. The number of halogens is 2. The largest absolute Gasteiger partial charge is 0.396 e. The second kappa shape index (κ2) is 6.67. The maximum atomic E-state index is 13.1. The number of carbonyl (C=O) groups is 1. The van der Waals surface area contributed by atoms with E-state index in [9.17, 15) is 14.3 Å². The van der Waals surface area contributed by atoms with Crippen molar-refractivity contribution in [1.29, 1.82) is 0 Å². The van der Waals surface area contributed by atoms with Gasteiger partial charge in [0.25, 0.3) is 5.91 Å². The molecule has 0 aliphatic heterocycles. The molecule has 100 valence electrons. The minimum absolute atomic E-state index is 0.0381. The number of nitrogens with two attached hydrogens (primary N) is 1. The van der Waals surface area contributed by atoms with Crippen molar-refractivity contribution in [2.75, 3.05) is 26.0 Å². The Kier molecular flexibility index (Phi) is 5.52. The van der Waals surface area contributed by atoms with Gasteiger partial charge < -0.3 is 20.9 Å². The van der Waals surface area contributed by atoms with Crippen LogP contribution in [0.5, 0.6) is 0 Å². The molecule has 0 heterocycles. The number of hydrogen-bond acceptors (Lipinski definition) is 4. The quantitative estimate of drug-likeness (QED) is 0.704. The van der Waals surface area contributed by atoms with Crippen LogP contribution in [0.2, 0.25) is 0 Å². The Balaban J connectivity index is 2.70. The zero-order valence-corrected chi connectivity index (χ0v) is 11.3. The summed E-state index contributed by atoms with van der Waals surface area (Å²) in [7, 11) is 1.45. The van der Waals surface area contributed by atoms with E-state index in [0.29, 0.717) is 4.47 Å². The van der Waals surface area contributed by atoms with Crippen molar-refractivity contribution < 1.29 is 19.0 Å². The van der Waals surface area contributed by atoms with E-state index < -0.39 is 17.8 Å². The molecular formula is C11H14BrFN2O3. The lowest BCUT2D eigenvalue weighted by molar-refractivity contribution is 0.0609. The Morgan fingerprint density at radius 3 is 2.94 bits per heavy atom. The van der Waals surface area contributed by atoms with Gasteiger partial charge in [0.1, 0.15) is 5.82 Å². The van der Waals surface area contributed by atoms with Crippen molar-refractivity contribution in [3.05, 3.63) is 28.0 Å². The van der Waals surface area contributed by atoms with E-state index in [2.05, 4.69) is 21.2 Å². The van der Waals surface area contributed by atoms with Gasteiger partial charge in [0.2, 0.25) is 0 Å². The topological polar surface area (TPSA) is 84.6 Å². The predicted octanol–water partition coefficient (Wildman–Crippen LogP) is 0.907. The van der Waals surface area contributed by atoms with Crippen molar-refractivity contribution in [1.82, 2.24) is 5.32 Å². The number of rotatable bonds is 5. The summed E-state index contributed by atoms with van der Waals surface area (Å²) in [5, 5.41) is 11.9. The zero-order valence-electron chi connectivity index (χ0n) is 9.74. The van der Waals surface area contributed by atoms with Crippen LogP contribution in [-0.2, 0) is 4.74 Å². The molecule has 0 saturated carbocycles. The highest BCUT2D eigenvalue weighted by atomic mass is 79.9. The van der Waals surface area contributed by atoms with E-state index in [-0.39, 0.29) is 24.4 Å². The van der Waals surface area contributed by atoms with Crippen molar-refractivity contribution in [3.8, 4) is 0 Å². The summed E-state index contributed by atoms with van der Waals surface area (Å²) in [5.74, 6) is -1.05. The number of amides is 1. The third-order valence-corrected chi connectivity index (χ3v) is 2.84. The molecule has 0 aliphatic carbocycles. The lowest BCUT2D eigenvalue weighted by Gasteiger charge is -2.12. The highest BCUT2D eigenvalue weighted by Crippen LogP contribution is 2.22. The van der Waals surface area contributed by atoms with E-state index in [0.717, 1.165) is 6.07 Å². The highest BCUT2D eigenvalue weighted by molar-refractivity contribution is 9.10. The number of hydrogen-bond donors (Lipinski definition) is 3. The van der Waals surface area contributed by atoms with E-state index >= 15 is 0 Å². The maximum absolute atomic E-state index is 13.1. The van der Waals surface area contributed by atoms with Gasteiger partial charge in [0, 0.05) is 18.1 Å². The molecular weight excluding hydrogens is 307 g/mol. The Morgan fingerprint density at radius 1 is 1.67 bits per heavy atom. The number of anilines is 1. The number of aliphatic hydroxyl groups is 1.